The van der Waals surface area contributed by atoms with Crippen LogP contribution in [0.2, 0.25) is 0 Å². The lowest BCUT2D eigenvalue weighted by Gasteiger charge is -2.12. The smallest absolute Gasteiger partial charge is 0.263 e. The van der Waals surface area contributed by atoms with Crippen LogP contribution in [-0.4, -0.2) is 8.05 Å². The molecular formula is C8H5Br4NO. The van der Waals surface area contributed by atoms with Crippen molar-refractivity contribution in [1.82, 2.24) is 0 Å². The van der Waals surface area contributed by atoms with E-state index in [0.717, 1.165) is 10.2 Å². The van der Waals surface area contributed by atoms with Crippen LogP contribution in [-0.2, 0) is 4.79 Å². The number of hydrogen-bond donors (Lipinski definition) is 1. The summed E-state index contributed by atoms with van der Waals surface area (Å²) in [5.41, 5.74) is 0.737. The number of anilines is 1. The maximum absolute atomic E-state index is 11.5. The first-order chi connectivity index (χ1) is 6.39. The van der Waals surface area contributed by atoms with Crippen molar-refractivity contribution in [3.05, 3.63) is 28.7 Å². The average Bonchev–Trinajstić information content (AvgIpc) is 2.07. The highest BCUT2D eigenvalue weighted by Gasteiger charge is 2.28. The van der Waals surface area contributed by atoms with Gasteiger partial charge in [0, 0.05) is 10.2 Å². The van der Waals surface area contributed by atoms with Gasteiger partial charge < -0.3 is 5.32 Å². The van der Waals surface area contributed by atoms with Crippen molar-refractivity contribution >= 4 is 75.3 Å². The molecule has 0 aliphatic heterocycles. The van der Waals surface area contributed by atoms with E-state index < -0.39 is 2.14 Å². The zero-order chi connectivity index (χ0) is 10.8. The van der Waals surface area contributed by atoms with Crippen LogP contribution in [0.25, 0.3) is 0 Å². The van der Waals surface area contributed by atoms with Gasteiger partial charge in [-0.05, 0) is 72.1 Å². The Kier molecular flexibility index (Phi) is 4.61. The fraction of sp³-hybridized carbons (Fsp3) is 0.125. The minimum Gasteiger partial charge on any atom is -0.323 e. The number of carbonyl (C=O) groups excluding carboxylic acids is 1. The maximum Gasteiger partial charge on any atom is 0.263 e. The first-order valence-corrected chi connectivity index (χ1v) is 6.70. The number of nitrogens with one attached hydrogen (secondary N) is 1. The second kappa shape index (κ2) is 5.09. The number of hydrogen-bond acceptors (Lipinski definition) is 1. The van der Waals surface area contributed by atoms with Gasteiger partial charge in [-0.3, -0.25) is 4.79 Å². The van der Waals surface area contributed by atoms with Crippen molar-refractivity contribution in [2.75, 3.05) is 5.32 Å². The molecule has 1 aromatic carbocycles. The summed E-state index contributed by atoms with van der Waals surface area (Å²) in [6.45, 7) is 0. The highest BCUT2D eigenvalue weighted by molar-refractivity contribution is 9.40. The lowest BCUT2D eigenvalue weighted by atomic mass is 10.3. The fourth-order valence-corrected chi connectivity index (χ4v) is 1.30. The van der Waals surface area contributed by atoms with Crippen molar-refractivity contribution in [2.45, 2.75) is 2.14 Å². The van der Waals surface area contributed by atoms with Crippen LogP contribution < -0.4 is 5.32 Å². The molecule has 0 saturated heterocycles. The van der Waals surface area contributed by atoms with Crippen LogP contribution >= 0.6 is 63.7 Å². The quantitative estimate of drug-likeness (QED) is 0.638. The molecule has 0 unspecified atom stereocenters. The summed E-state index contributed by atoms with van der Waals surface area (Å²) in [6, 6.07) is 7.32. The van der Waals surface area contributed by atoms with Crippen molar-refractivity contribution in [2.24, 2.45) is 0 Å². The summed E-state index contributed by atoms with van der Waals surface area (Å²) in [5.74, 6) is -0.222. The monoisotopic (exact) mass is 447 g/mol. The third-order valence-electron chi connectivity index (χ3n) is 1.36. The number of halogens is 4. The molecule has 0 bridgehead atoms. The molecule has 0 aromatic heterocycles. The predicted molar refractivity (Wildman–Crippen MR) is 72.3 cm³/mol. The summed E-state index contributed by atoms with van der Waals surface area (Å²) < 4.78 is 0.0540. The molecule has 0 spiro atoms. The van der Waals surface area contributed by atoms with Crippen molar-refractivity contribution in [1.29, 1.82) is 0 Å². The second-order valence-corrected chi connectivity index (χ2v) is 10.1. The number of benzene rings is 1. The second-order valence-electron chi connectivity index (χ2n) is 2.46. The Morgan fingerprint density at radius 3 is 2.07 bits per heavy atom. The van der Waals surface area contributed by atoms with E-state index in [2.05, 4.69) is 69.0 Å². The van der Waals surface area contributed by atoms with E-state index in [9.17, 15) is 4.79 Å². The molecule has 1 rings (SSSR count). The van der Waals surface area contributed by atoms with Crippen LogP contribution in [0.1, 0.15) is 0 Å². The zero-order valence-corrected chi connectivity index (χ0v) is 13.1. The molecule has 0 atom stereocenters. The first kappa shape index (κ1) is 12.7. The molecule has 0 heterocycles. The normalized spacial score (nSPS) is 11.1. The summed E-state index contributed by atoms with van der Waals surface area (Å²) in [5, 5.41) is 2.71. The number of carbonyl (C=O) groups is 1. The zero-order valence-electron chi connectivity index (χ0n) is 6.73. The van der Waals surface area contributed by atoms with E-state index in [-0.39, 0.29) is 5.91 Å². The van der Waals surface area contributed by atoms with Crippen LogP contribution in [0, 0.1) is 0 Å². The molecule has 6 heteroatoms. The van der Waals surface area contributed by atoms with Crippen molar-refractivity contribution in [3.8, 4) is 0 Å². The van der Waals surface area contributed by atoms with Crippen LogP contribution in [0.3, 0.4) is 0 Å². The summed E-state index contributed by atoms with van der Waals surface area (Å²) >= 11 is 12.7. The Labute approximate surface area is 115 Å². The number of amides is 1. The highest BCUT2D eigenvalue weighted by atomic mass is 80.0. The Morgan fingerprint density at radius 2 is 1.64 bits per heavy atom. The Morgan fingerprint density at radius 1 is 1.14 bits per heavy atom. The first-order valence-electron chi connectivity index (χ1n) is 3.53. The number of alkyl halides is 3. The highest BCUT2D eigenvalue weighted by Crippen LogP contribution is 2.34. The molecule has 76 valence electrons. The SMILES string of the molecule is O=C(Nc1ccc(Br)cc1)C(Br)(Br)Br. The maximum atomic E-state index is 11.5. The van der Waals surface area contributed by atoms with Gasteiger partial charge in [-0.25, -0.2) is 0 Å². The van der Waals surface area contributed by atoms with Gasteiger partial charge in [0.15, 0.2) is 0 Å². The largest absolute Gasteiger partial charge is 0.323 e. The van der Waals surface area contributed by atoms with Crippen molar-refractivity contribution < 1.29 is 4.79 Å². The third kappa shape index (κ3) is 4.00. The minimum atomic E-state index is -0.917. The average molecular weight is 451 g/mol. The fourth-order valence-electron chi connectivity index (χ4n) is 0.735. The van der Waals surface area contributed by atoms with E-state index in [0.29, 0.717) is 0 Å². The summed E-state index contributed by atoms with van der Waals surface area (Å²) in [6.07, 6.45) is 0. The van der Waals surface area contributed by atoms with Gasteiger partial charge in [0.1, 0.15) is 0 Å². The Hall–Kier alpha value is 0.610. The molecule has 0 fully saturated rings. The number of rotatable bonds is 1. The van der Waals surface area contributed by atoms with Gasteiger partial charge in [-0.1, -0.05) is 15.9 Å². The molecule has 1 N–H and O–H groups in total. The van der Waals surface area contributed by atoms with Gasteiger partial charge in [-0.2, -0.15) is 0 Å². The molecule has 0 saturated carbocycles. The molecule has 0 aliphatic carbocycles. The summed E-state index contributed by atoms with van der Waals surface area (Å²) in [7, 11) is 0. The molecule has 0 radical (unpaired) electrons. The molecule has 1 amide bonds. The Bertz CT molecular complexity index is 330. The van der Waals surface area contributed by atoms with Gasteiger partial charge in [0.05, 0.1) is 0 Å². The van der Waals surface area contributed by atoms with Gasteiger partial charge in [0.2, 0.25) is 2.14 Å². The van der Waals surface area contributed by atoms with Gasteiger partial charge in [-0.15, -0.1) is 0 Å². The molecule has 0 aliphatic rings. The van der Waals surface area contributed by atoms with E-state index >= 15 is 0 Å². The lowest BCUT2D eigenvalue weighted by Crippen LogP contribution is -2.25. The van der Waals surface area contributed by atoms with Crippen LogP contribution in [0.4, 0.5) is 5.69 Å². The Balaban J connectivity index is 2.71. The predicted octanol–water partition coefficient (Wildman–Crippen LogP) is 4.23. The van der Waals surface area contributed by atoms with Gasteiger partial charge in [0.25, 0.3) is 5.91 Å². The topological polar surface area (TPSA) is 29.1 Å². The van der Waals surface area contributed by atoms with Crippen molar-refractivity contribution in [3.63, 3.8) is 0 Å². The molecule has 2 nitrogen and oxygen atoms in total. The van der Waals surface area contributed by atoms with E-state index in [1.54, 1.807) is 12.1 Å². The summed E-state index contributed by atoms with van der Waals surface area (Å²) in [4.78, 5) is 11.5. The molecule has 1 aromatic rings. The van der Waals surface area contributed by atoms with E-state index in [4.69, 9.17) is 0 Å². The van der Waals surface area contributed by atoms with Crippen LogP contribution in [0.15, 0.2) is 28.7 Å². The standard InChI is InChI=1S/C8H5Br4NO/c9-5-1-3-6(4-2-5)13-7(14)8(10,11)12/h1-4H,(H,13,14). The minimum absolute atomic E-state index is 0.222. The van der Waals surface area contributed by atoms with Crippen LogP contribution in [0.5, 0.6) is 0 Å². The molecule has 14 heavy (non-hydrogen) atoms. The third-order valence-corrected chi connectivity index (χ3v) is 2.97. The van der Waals surface area contributed by atoms with E-state index in [1.165, 1.54) is 0 Å². The van der Waals surface area contributed by atoms with E-state index in [1.807, 2.05) is 12.1 Å². The lowest BCUT2D eigenvalue weighted by molar-refractivity contribution is -0.114. The molecular weight excluding hydrogens is 446 g/mol. The van der Waals surface area contributed by atoms with Gasteiger partial charge >= 0.3 is 0 Å².